The average molecular weight is 433 g/mol. The Bertz CT molecular complexity index is 798. The summed E-state index contributed by atoms with van der Waals surface area (Å²) in [5.74, 6) is 1.19. The topological polar surface area (TPSA) is 49.4 Å². The average Bonchev–Trinajstić information content (AvgIpc) is 2.71. The number of amides is 2. The third kappa shape index (κ3) is 7.75. The quantitative estimate of drug-likeness (QED) is 0.588. The van der Waals surface area contributed by atoms with Crippen molar-refractivity contribution >= 4 is 35.2 Å². The lowest BCUT2D eigenvalue weighted by atomic mass is 10.1. The Labute approximate surface area is 183 Å². The Kier molecular flexibility index (Phi) is 9.55. The second-order valence-electron chi connectivity index (χ2n) is 7.41. The summed E-state index contributed by atoms with van der Waals surface area (Å²) in [6.45, 7) is 6.74. The van der Waals surface area contributed by atoms with Crippen LogP contribution in [-0.2, 0) is 21.9 Å². The molecule has 0 aliphatic rings. The number of thioether (sulfide) groups is 1. The van der Waals surface area contributed by atoms with E-state index in [1.807, 2.05) is 62.4 Å². The van der Waals surface area contributed by atoms with Crippen LogP contribution in [0.1, 0.15) is 31.9 Å². The second kappa shape index (κ2) is 11.9. The SMILES string of the molecule is CC(C)CNC(=O)[C@@H](C)N(Cc1ccccc1Cl)C(=O)CSCc1ccccc1. The molecule has 0 unspecified atom stereocenters. The Balaban J connectivity index is 2.06. The molecule has 0 fully saturated rings. The molecule has 0 aromatic heterocycles. The lowest BCUT2D eigenvalue weighted by Crippen LogP contribution is -2.48. The number of nitrogens with zero attached hydrogens (tertiary/aromatic N) is 1. The van der Waals surface area contributed by atoms with Gasteiger partial charge in [0.05, 0.1) is 5.75 Å². The van der Waals surface area contributed by atoms with Crippen LogP contribution in [0.25, 0.3) is 0 Å². The minimum atomic E-state index is -0.574. The van der Waals surface area contributed by atoms with Gasteiger partial charge in [-0.15, -0.1) is 11.8 Å². The number of nitrogens with one attached hydrogen (secondary N) is 1. The number of carbonyl (C=O) groups is 2. The fraction of sp³-hybridized carbons (Fsp3) is 0.391. The molecule has 0 saturated heterocycles. The van der Waals surface area contributed by atoms with Crippen LogP contribution in [0.3, 0.4) is 0 Å². The predicted octanol–water partition coefficient (Wildman–Crippen LogP) is 4.76. The van der Waals surface area contributed by atoms with Gasteiger partial charge in [-0.3, -0.25) is 9.59 Å². The van der Waals surface area contributed by atoms with Crippen LogP contribution in [0.2, 0.25) is 5.02 Å². The summed E-state index contributed by atoms with van der Waals surface area (Å²) in [6.07, 6.45) is 0. The zero-order valence-corrected chi connectivity index (χ0v) is 18.8. The fourth-order valence-corrected chi connectivity index (χ4v) is 3.82. The largest absolute Gasteiger partial charge is 0.354 e. The maximum absolute atomic E-state index is 13.0. The van der Waals surface area contributed by atoms with Crippen LogP contribution in [0.5, 0.6) is 0 Å². The van der Waals surface area contributed by atoms with Crippen molar-refractivity contribution in [1.29, 1.82) is 0 Å². The molecule has 1 N–H and O–H groups in total. The van der Waals surface area contributed by atoms with Crippen molar-refractivity contribution in [2.45, 2.75) is 39.1 Å². The van der Waals surface area contributed by atoms with Crippen LogP contribution in [0.15, 0.2) is 54.6 Å². The minimum Gasteiger partial charge on any atom is -0.354 e. The molecule has 2 amide bonds. The van der Waals surface area contributed by atoms with E-state index < -0.39 is 6.04 Å². The lowest BCUT2D eigenvalue weighted by molar-refractivity contribution is -0.138. The maximum atomic E-state index is 13.0. The molecule has 0 spiro atoms. The first-order valence-corrected chi connectivity index (χ1v) is 11.3. The first kappa shape index (κ1) is 23.3. The summed E-state index contributed by atoms with van der Waals surface area (Å²) in [7, 11) is 0. The third-order valence-electron chi connectivity index (χ3n) is 4.49. The smallest absolute Gasteiger partial charge is 0.242 e. The molecule has 0 heterocycles. The molecule has 0 aliphatic carbocycles. The number of hydrogen-bond acceptors (Lipinski definition) is 3. The molecule has 6 heteroatoms. The Morgan fingerprint density at radius 3 is 2.34 bits per heavy atom. The molecule has 156 valence electrons. The summed E-state index contributed by atoms with van der Waals surface area (Å²) in [5, 5.41) is 3.52. The highest BCUT2D eigenvalue weighted by molar-refractivity contribution is 7.99. The van der Waals surface area contributed by atoms with Crippen molar-refractivity contribution < 1.29 is 9.59 Å². The second-order valence-corrected chi connectivity index (χ2v) is 8.80. The van der Waals surface area contributed by atoms with Gasteiger partial charge in [-0.05, 0) is 30.0 Å². The van der Waals surface area contributed by atoms with Crippen molar-refractivity contribution in [3.63, 3.8) is 0 Å². The Morgan fingerprint density at radius 1 is 1.03 bits per heavy atom. The van der Waals surface area contributed by atoms with Crippen molar-refractivity contribution in [2.24, 2.45) is 5.92 Å². The molecule has 2 aromatic carbocycles. The first-order chi connectivity index (χ1) is 13.9. The molecule has 0 radical (unpaired) electrons. The van der Waals surface area contributed by atoms with Gasteiger partial charge in [0.2, 0.25) is 11.8 Å². The Hall–Kier alpha value is -1.98. The number of halogens is 1. The van der Waals surface area contributed by atoms with Crippen molar-refractivity contribution in [3.8, 4) is 0 Å². The summed E-state index contributed by atoms with van der Waals surface area (Å²) in [6, 6.07) is 16.9. The maximum Gasteiger partial charge on any atom is 0.242 e. The summed E-state index contributed by atoms with van der Waals surface area (Å²) in [5.41, 5.74) is 2.00. The molecule has 2 aromatic rings. The standard InChI is InChI=1S/C23H29ClN2O2S/c1-17(2)13-25-23(28)18(3)26(14-20-11-7-8-12-21(20)24)22(27)16-29-15-19-9-5-4-6-10-19/h4-12,17-18H,13-16H2,1-3H3,(H,25,28)/t18-/m1/s1. The van der Waals surface area contributed by atoms with Crippen LogP contribution in [0.4, 0.5) is 0 Å². The van der Waals surface area contributed by atoms with Gasteiger partial charge in [-0.1, -0.05) is 74.0 Å². The molecular weight excluding hydrogens is 404 g/mol. The van der Waals surface area contributed by atoms with Gasteiger partial charge >= 0.3 is 0 Å². The fourth-order valence-electron chi connectivity index (χ4n) is 2.76. The summed E-state index contributed by atoms with van der Waals surface area (Å²) < 4.78 is 0. The van der Waals surface area contributed by atoms with Crippen molar-refractivity contribution in [3.05, 3.63) is 70.7 Å². The molecular formula is C23H29ClN2O2S. The van der Waals surface area contributed by atoms with E-state index in [2.05, 4.69) is 5.32 Å². The van der Waals surface area contributed by atoms with E-state index in [4.69, 9.17) is 11.6 Å². The highest BCUT2D eigenvalue weighted by atomic mass is 35.5. The van der Waals surface area contributed by atoms with E-state index >= 15 is 0 Å². The van der Waals surface area contributed by atoms with Crippen molar-refractivity contribution in [1.82, 2.24) is 10.2 Å². The number of carbonyl (C=O) groups excluding carboxylic acids is 2. The van der Waals surface area contributed by atoms with Crippen LogP contribution in [-0.4, -0.2) is 35.1 Å². The molecule has 0 aliphatic heterocycles. The van der Waals surface area contributed by atoms with Gasteiger partial charge in [-0.25, -0.2) is 0 Å². The number of benzene rings is 2. The van der Waals surface area contributed by atoms with Crippen LogP contribution >= 0.6 is 23.4 Å². The van der Waals surface area contributed by atoms with Gasteiger partial charge in [0, 0.05) is 23.9 Å². The predicted molar refractivity (Wildman–Crippen MR) is 122 cm³/mol. The minimum absolute atomic E-state index is 0.0713. The molecule has 29 heavy (non-hydrogen) atoms. The summed E-state index contributed by atoms with van der Waals surface area (Å²) >= 11 is 7.85. The summed E-state index contributed by atoms with van der Waals surface area (Å²) in [4.78, 5) is 27.3. The molecule has 0 bridgehead atoms. The zero-order chi connectivity index (χ0) is 21.2. The lowest BCUT2D eigenvalue weighted by Gasteiger charge is -2.29. The van der Waals surface area contributed by atoms with Gasteiger partial charge in [0.15, 0.2) is 0 Å². The Morgan fingerprint density at radius 2 is 1.69 bits per heavy atom. The van der Waals surface area contributed by atoms with Gasteiger partial charge < -0.3 is 10.2 Å². The molecule has 1 atom stereocenters. The monoisotopic (exact) mass is 432 g/mol. The molecule has 0 saturated carbocycles. The zero-order valence-electron chi connectivity index (χ0n) is 17.2. The first-order valence-electron chi connectivity index (χ1n) is 9.80. The molecule has 2 rings (SSSR count). The van der Waals surface area contributed by atoms with Crippen molar-refractivity contribution in [2.75, 3.05) is 12.3 Å². The van der Waals surface area contributed by atoms with E-state index in [-0.39, 0.29) is 11.8 Å². The van der Waals surface area contributed by atoms with Crippen LogP contribution < -0.4 is 5.32 Å². The molecule has 4 nitrogen and oxygen atoms in total. The van der Waals surface area contributed by atoms with Crippen LogP contribution in [0, 0.1) is 5.92 Å². The van der Waals surface area contributed by atoms with E-state index in [1.165, 1.54) is 5.56 Å². The van der Waals surface area contributed by atoms with E-state index in [9.17, 15) is 9.59 Å². The van der Waals surface area contributed by atoms with Gasteiger partial charge in [0.25, 0.3) is 0 Å². The van der Waals surface area contributed by atoms with Gasteiger partial charge in [-0.2, -0.15) is 0 Å². The van der Waals surface area contributed by atoms with E-state index in [1.54, 1.807) is 29.7 Å². The highest BCUT2D eigenvalue weighted by Gasteiger charge is 2.26. The van der Waals surface area contributed by atoms with E-state index in [0.29, 0.717) is 29.8 Å². The third-order valence-corrected chi connectivity index (χ3v) is 5.84. The normalized spacial score (nSPS) is 11.9. The highest BCUT2D eigenvalue weighted by Crippen LogP contribution is 2.20. The van der Waals surface area contributed by atoms with Gasteiger partial charge in [0.1, 0.15) is 6.04 Å². The number of hydrogen-bond donors (Lipinski definition) is 1. The van der Waals surface area contributed by atoms with E-state index in [0.717, 1.165) is 11.3 Å². The number of rotatable bonds is 10.